The molecular formula is C18H33N3O3. The molecule has 2 aliphatic rings. The molecule has 1 N–H and O–H groups in total. The Morgan fingerprint density at radius 2 is 1.67 bits per heavy atom. The first-order chi connectivity index (χ1) is 11.3. The number of likely N-dealkylation sites (tertiary alicyclic amines) is 2. The molecule has 1 unspecified atom stereocenters. The minimum atomic E-state index is -0.444. The van der Waals surface area contributed by atoms with E-state index in [1.807, 2.05) is 32.6 Å². The van der Waals surface area contributed by atoms with E-state index < -0.39 is 5.60 Å². The van der Waals surface area contributed by atoms with Crippen LogP contribution in [0.4, 0.5) is 4.79 Å². The summed E-state index contributed by atoms with van der Waals surface area (Å²) in [7, 11) is 0. The lowest BCUT2D eigenvalue weighted by atomic mass is 9.96. The summed E-state index contributed by atoms with van der Waals surface area (Å²) in [6, 6.07) is -0.119. The van der Waals surface area contributed by atoms with E-state index in [9.17, 15) is 9.59 Å². The van der Waals surface area contributed by atoms with Gasteiger partial charge in [-0.05, 0) is 65.8 Å². The summed E-state index contributed by atoms with van der Waals surface area (Å²) in [5, 5.41) is 3.39. The zero-order valence-electron chi connectivity index (χ0n) is 15.6. The molecule has 0 radical (unpaired) electrons. The number of carbonyl (C=O) groups is 2. The molecule has 2 rings (SSSR count). The lowest BCUT2D eigenvalue weighted by Crippen LogP contribution is -2.47. The maximum Gasteiger partial charge on any atom is 0.410 e. The van der Waals surface area contributed by atoms with E-state index in [-0.39, 0.29) is 18.0 Å². The van der Waals surface area contributed by atoms with Gasteiger partial charge in [-0.1, -0.05) is 0 Å². The normalized spacial score (nSPS) is 21.0. The number of hydrogen-bond donors (Lipinski definition) is 1. The van der Waals surface area contributed by atoms with Gasteiger partial charge in [-0.15, -0.1) is 0 Å². The van der Waals surface area contributed by atoms with Gasteiger partial charge in [0.05, 0.1) is 6.04 Å². The Morgan fingerprint density at radius 1 is 1.08 bits per heavy atom. The van der Waals surface area contributed by atoms with Crippen molar-refractivity contribution in [3.8, 4) is 0 Å². The number of hydrogen-bond acceptors (Lipinski definition) is 4. The molecule has 6 heteroatoms. The van der Waals surface area contributed by atoms with Gasteiger partial charge in [0.2, 0.25) is 5.91 Å². The van der Waals surface area contributed by atoms with Crippen LogP contribution in [0, 0.1) is 5.92 Å². The third kappa shape index (κ3) is 5.65. The first-order valence-corrected chi connectivity index (χ1v) is 9.26. The Balaban J connectivity index is 1.67. The zero-order chi connectivity index (χ0) is 17.7. The van der Waals surface area contributed by atoms with Crippen molar-refractivity contribution in [3.63, 3.8) is 0 Å². The molecule has 2 amide bonds. The molecule has 1 atom stereocenters. The summed E-state index contributed by atoms with van der Waals surface area (Å²) >= 11 is 0. The fourth-order valence-electron chi connectivity index (χ4n) is 3.29. The van der Waals surface area contributed by atoms with Gasteiger partial charge in [-0.2, -0.15) is 0 Å². The van der Waals surface area contributed by atoms with Crippen molar-refractivity contribution >= 4 is 12.0 Å². The maximum atomic E-state index is 12.3. The Labute approximate surface area is 145 Å². The summed E-state index contributed by atoms with van der Waals surface area (Å²) < 4.78 is 5.42. The largest absolute Gasteiger partial charge is 0.444 e. The molecule has 0 aromatic rings. The van der Waals surface area contributed by atoms with Crippen molar-refractivity contribution in [1.29, 1.82) is 0 Å². The Morgan fingerprint density at radius 3 is 2.21 bits per heavy atom. The molecule has 0 aromatic carbocycles. The van der Waals surface area contributed by atoms with Crippen LogP contribution in [0.25, 0.3) is 0 Å². The molecule has 2 aliphatic heterocycles. The molecular weight excluding hydrogens is 306 g/mol. The van der Waals surface area contributed by atoms with E-state index in [4.69, 9.17) is 4.74 Å². The molecule has 0 saturated carbocycles. The fraction of sp³-hybridized carbons (Fsp3) is 0.889. The number of nitrogens with one attached hydrogen (secondary N) is 1. The van der Waals surface area contributed by atoms with Crippen LogP contribution in [0.5, 0.6) is 0 Å². The Kier molecular flexibility index (Phi) is 6.49. The number of amides is 2. The van der Waals surface area contributed by atoms with Crippen LogP contribution >= 0.6 is 0 Å². The number of carbonyl (C=O) groups excluding carboxylic acids is 2. The van der Waals surface area contributed by atoms with Gasteiger partial charge in [0.1, 0.15) is 5.60 Å². The second kappa shape index (κ2) is 8.19. The molecule has 2 fully saturated rings. The van der Waals surface area contributed by atoms with Crippen molar-refractivity contribution in [2.24, 2.45) is 5.92 Å². The smallest absolute Gasteiger partial charge is 0.410 e. The van der Waals surface area contributed by atoms with Gasteiger partial charge in [-0.25, -0.2) is 4.79 Å². The van der Waals surface area contributed by atoms with E-state index in [2.05, 4.69) is 5.32 Å². The third-order valence-electron chi connectivity index (χ3n) is 4.77. The highest BCUT2D eigenvalue weighted by Gasteiger charge is 2.28. The number of ether oxygens (including phenoxy) is 1. The second-order valence-corrected chi connectivity index (χ2v) is 8.07. The summed E-state index contributed by atoms with van der Waals surface area (Å²) in [5.74, 6) is 0.733. The molecule has 6 nitrogen and oxygen atoms in total. The lowest BCUT2D eigenvalue weighted by molar-refractivity contribution is -0.132. The molecule has 2 saturated heterocycles. The summed E-state index contributed by atoms with van der Waals surface area (Å²) in [6.07, 6.45) is 3.95. The van der Waals surface area contributed by atoms with Crippen molar-refractivity contribution in [3.05, 3.63) is 0 Å². The third-order valence-corrected chi connectivity index (χ3v) is 4.77. The van der Waals surface area contributed by atoms with Crippen LogP contribution in [0.2, 0.25) is 0 Å². The second-order valence-electron chi connectivity index (χ2n) is 8.07. The van der Waals surface area contributed by atoms with Crippen molar-refractivity contribution in [2.75, 3.05) is 32.7 Å². The minimum absolute atomic E-state index is 0.119. The van der Waals surface area contributed by atoms with Gasteiger partial charge >= 0.3 is 6.09 Å². The average molecular weight is 339 g/mol. The Hall–Kier alpha value is -1.30. The molecule has 0 aliphatic carbocycles. The van der Waals surface area contributed by atoms with E-state index in [1.54, 1.807) is 4.90 Å². The quantitative estimate of drug-likeness (QED) is 0.853. The highest BCUT2D eigenvalue weighted by atomic mass is 16.6. The SMILES string of the molecule is CC(NCC1CCN(C(=O)OC(C)(C)C)CC1)C(=O)N1CCCC1. The summed E-state index contributed by atoms with van der Waals surface area (Å²) in [4.78, 5) is 28.1. The first kappa shape index (κ1) is 19.0. The topological polar surface area (TPSA) is 61.9 Å². The van der Waals surface area contributed by atoms with Crippen molar-refractivity contribution in [1.82, 2.24) is 15.1 Å². The van der Waals surface area contributed by atoms with Gasteiger partial charge in [-0.3, -0.25) is 4.79 Å². The van der Waals surface area contributed by atoms with Gasteiger partial charge < -0.3 is 19.9 Å². The van der Waals surface area contributed by atoms with Gasteiger partial charge in [0, 0.05) is 26.2 Å². The highest BCUT2D eigenvalue weighted by Crippen LogP contribution is 2.19. The molecule has 0 bridgehead atoms. The molecule has 0 spiro atoms. The molecule has 24 heavy (non-hydrogen) atoms. The predicted molar refractivity (Wildman–Crippen MR) is 93.8 cm³/mol. The standard InChI is InChI=1S/C18H33N3O3/c1-14(16(22)20-9-5-6-10-20)19-13-15-7-11-21(12-8-15)17(23)24-18(2,3)4/h14-15,19H,5-13H2,1-4H3. The zero-order valence-corrected chi connectivity index (χ0v) is 15.6. The van der Waals surface area contributed by atoms with E-state index in [0.29, 0.717) is 5.92 Å². The van der Waals surface area contributed by atoms with E-state index >= 15 is 0 Å². The first-order valence-electron chi connectivity index (χ1n) is 9.26. The predicted octanol–water partition coefficient (Wildman–Crippen LogP) is 2.23. The lowest BCUT2D eigenvalue weighted by Gasteiger charge is -2.34. The van der Waals surface area contributed by atoms with Crippen LogP contribution in [-0.2, 0) is 9.53 Å². The summed E-state index contributed by atoms with van der Waals surface area (Å²) in [5.41, 5.74) is -0.444. The van der Waals surface area contributed by atoms with E-state index in [0.717, 1.165) is 58.4 Å². The average Bonchev–Trinajstić information content (AvgIpc) is 3.05. The van der Waals surface area contributed by atoms with Crippen LogP contribution < -0.4 is 5.32 Å². The number of rotatable bonds is 4. The molecule has 138 valence electrons. The van der Waals surface area contributed by atoms with Gasteiger partial charge in [0.25, 0.3) is 0 Å². The molecule has 2 heterocycles. The minimum Gasteiger partial charge on any atom is -0.444 e. The molecule has 0 aromatic heterocycles. The Bertz CT molecular complexity index is 433. The van der Waals surface area contributed by atoms with Crippen molar-refractivity contribution in [2.45, 2.75) is 65.0 Å². The monoisotopic (exact) mass is 339 g/mol. The van der Waals surface area contributed by atoms with Crippen LogP contribution in [0.1, 0.15) is 53.4 Å². The highest BCUT2D eigenvalue weighted by molar-refractivity contribution is 5.81. The summed E-state index contributed by atoms with van der Waals surface area (Å²) in [6.45, 7) is 11.7. The number of piperidine rings is 1. The fourth-order valence-corrected chi connectivity index (χ4v) is 3.29. The van der Waals surface area contributed by atoms with E-state index in [1.165, 1.54) is 0 Å². The van der Waals surface area contributed by atoms with Crippen LogP contribution in [-0.4, -0.2) is 66.2 Å². The maximum absolute atomic E-state index is 12.3. The number of nitrogens with zero attached hydrogens (tertiary/aromatic N) is 2. The van der Waals surface area contributed by atoms with Gasteiger partial charge in [0.15, 0.2) is 0 Å². The van der Waals surface area contributed by atoms with Crippen LogP contribution in [0.3, 0.4) is 0 Å². The van der Waals surface area contributed by atoms with Crippen LogP contribution in [0.15, 0.2) is 0 Å². The van der Waals surface area contributed by atoms with Crippen molar-refractivity contribution < 1.29 is 14.3 Å².